The number of rotatable bonds is 3. The Kier molecular flexibility index (Phi) is 4.08. The van der Waals surface area contributed by atoms with E-state index in [1.807, 2.05) is 6.92 Å². The summed E-state index contributed by atoms with van der Waals surface area (Å²) in [5.41, 5.74) is 1.37. The predicted octanol–water partition coefficient (Wildman–Crippen LogP) is 4.63. The second-order valence-electron chi connectivity index (χ2n) is 4.38. The molecule has 2 aromatic carbocycles. The molecule has 0 aromatic heterocycles. The first-order chi connectivity index (χ1) is 8.97. The third-order valence-electron chi connectivity index (χ3n) is 2.81. The summed E-state index contributed by atoms with van der Waals surface area (Å²) in [6.45, 7) is 3.43. The van der Waals surface area contributed by atoms with E-state index < -0.39 is 11.9 Å². The van der Waals surface area contributed by atoms with Gasteiger partial charge in [-0.2, -0.15) is 0 Å². The van der Waals surface area contributed by atoms with Crippen molar-refractivity contribution in [1.29, 1.82) is 0 Å². The number of benzene rings is 2. The Bertz CT molecular complexity index is 597. The molecule has 100 valence electrons. The van der Waals surface area contributed by atoms with Gasteiger partial charge in [-0.1, -0.05) is 23.7 Å². The molecule has 1 N–H and O–H groups in total. The van der Waals surface area contributed by atoms with Gasteiger partial charge in [0.15, 0.2) is 11.6 Å². The fraction of sp³-hybridized carbons (Fsp3) is 0.200. The number of aryl methyl sites for hydroxylation is 1. The molecule has 0 saturated heterocycles. The zero-order chi connectivity index (χ0) is 14.0. The van der Waals surface area contributed by atoms with Crippen LogP contribution >= 0.6 is 11.6 Å². The van der Waals surface area contributed by atoms with Crippen LogP contribution in [0, 0.1) is 12.7 Å². The van der Waals surface area contributed by atoms with Crippen LogP contribution in [-0.2, 0) is 0 Å². The Labute approximate surface area is 116 Å². The maximum absolute atomic E-state index is 13.9. The fourth-order valence-electron chi connectivity index (χ4n) is 1.66. The van der Waals surface area contributed by atoms with Gasteiger partial charge in [-0.05, 0) is 49.2 Å². The molecule has 2 nitrogen and oxygen atoms in total. The van der Waals surface area contributed by atoms with Crippen molar-refractivity contribution in [2.75, 3.05) is 0 Å². The summed E-state index contributed by atoms with van der Waals surface area (Å²) in [7, 11) is 0. The molecule has 0 spiro atoms. The van der Waals surface area contributed by atoms with Gasteiger partial charge in [-0.15, -0.1) is 0 Å². The summed E-state index contributed by atoms with van der Waals surface area (Å²) in [4.78, 5) is 0. The molecule has 0 fully saturated rings. The van der Waals surface area contributed by atoms with Gasteiger partial charge in [0.1, 0.15) is 5.75 Å². The van der Waals surface area contributed by atoms with Gasteiger partial charge in [0.2, 0.25) is 0 Å². The van der Waals surface area contributed by atoms with Crippen molar-refractivity contribution < 1.29 is 14.2 Å². The average Bonchev–Trinajstić information content (AvgIpc) is 2.36. The van der Waals surface area contributed by atoms with Crippen molar-refractivity contribution in [1.82, 2.24) is 0 Å². The quantitative estimate of drug-likeness (QED) is 0.888. The van der Waals surface area contributed by atoms with E-state index in [9.17, 15) is 9.50 Å². The minimum Gasteiger partial charge on any atom is -0.454 e. The van der Waals surface area contributed by atoms with Gasteiger partial charge in [0.25, 0.3) is 0 Å². The lowest BCUT2D eigenvalue weighted by Gasteiger charge is -2.11. The van der Waals surface area contributed by atoms with Gasteiger partial charge < -0.3 is 9.84 Å². The van der Waals surface area contributed by atoms with Gasteiger partial charge in [-0.25, -0.2) is 4.39 Å². The van der Waals surface area contributed by atoms with Crippen molar-refractivity contribution in [2.45, 2.75) is 20.0 Å². The van der Waals surface area contributed by atoms with Crippen LogP contribution in [0.4, 0.5) is 4.39 Å². The minimum absolute atomic E-state index is 0.106. The second-order valence-corrected chi connectivity index (χ2v) is 4.81. The largest absolute Gasteiger partial charge is 0.454 e. The van der Waals surface area contributed by atoms with Crippen molar-refractivity contribution in [3.05, 3.63) is 58.4 Å². The van der Waals surface area contributed by atoms with E-state index >= 15 is 0 Å². The summed E-state index contributed by atoms with van der Waals surface area (Å²) in [5.74, 6) is 0.101. The molecular formula is C15H14ClFO2. The second kappa shape index (κ2) is 5.59. The number of aliphatic hydroxyl groups is 1. The van der Waals surface area contributed by atoms with Crippen LogP contribution < -0.4 is 4.74 Å². The molecule has 0 aliphatic rings. The molecule has 0 heterocycles. The van der Waals surface area contributed by atoms with Gasteiger partial charge in [0, 0.05) is 5.02 Å². The van der Waals surface area contributed by atoms with E-state index in [-0.39, 0.29) is 5.75 Å². The summed E-state index contributed by atoms with van der Waals surface area (Å²) in [6, 6.07) is 9.58. The van der Waals surface area contributed by atoms with Crippen LogP contribution in [0.15, 0.2) is 36.4 Å². The Balaban J connectivity index is 2.31. The van der Waals surface area contributed by atoms with E-state index in [1.54, 1.807) is 31.2 Å². The molecule has 0 saturated carbocycles. The highest BCUT2D eigenvalue weighted by Gasteiger charge is 2.10. The molecule has 2 aromatic rings. The molecule has 4 heteroatoms. The topological polar surface area (TPSA) is 29.5 Å². The monoisotopic (exact) mass is 280 g/mol. The summed E-state index contributed by atoms with van der Waals surface area (Å²) in [5, 5.41) is 9.91. The maximum Gasteiger partial charge on any atom is 0.166 e. The molecule has 0 aliphatic heterocycles. The summed E-state index contributed by atoms with van der Waals surface area (Å²) < 4.78 is 19.4. The number of ether oxygens (including phenoxy) is 1. The lowest BCUT2D eigenvalue weighted by Crippen LogP contribution is -1.95. The van der Waals surface area contributed by atoms with Crippen LogP contribution in [0.2, 0.25) is 5.02 Å². The predicted molar refractivity (Wildman–Crippen MR) is 73.3 cm³/mol. The Morgan fingerprint density at radius 1 is 1.16 bits per heavy atom. The molecule has 0 radical (unpaired) electrons. The SMILES string of the molecule is Cc1ccc(Cl)cc1Oc1ccc(C(C)O)cc1F. The molecule has 0 aliphatic carbocycles. The maximum atomic E-state index is 13.9. The molecule has 0 bridgehead atoms. The lowest BCUT2D eigenvalue weighted by atomic mass is 10.1. The normalized spacial score (nSPS) is 12.3. The highest BCUT2D eigenvalue weighted by atomic mass is 35.5. The van der Waals surface area contributed by atoms with Crippen molar-refractivity contribution in [2.24, 2.45) is 0 Å². The lowest BCUT2D eigenvalue weighted by molar-refractivity contribution is 0.198. The zero-order valence-electron chi connectivity index (χ0n) is 10.7. The Morgan fingerprint density at radius 3 is 2.53 bits per heavy atom. The van der Waals surface area contributed by atoms with Crippen LogP contribution in [-0.4, -0.2) is 5.11 Å². The Hall–Kier alpha value is -1.58. The van der Waals surface area contributed by atoms with Crippen LogP contribution in [0.5, 0.6) is 11.5 Å². The minimum atomic E-state index is -0.712. The molecule has 0 amide bonds. The first kappa shape index (κ1) is 13.8. The highest BCUT2D eigenvalue weighted by Crippen LogP contribution is 2.30. The summed E-state index contributed by atoms with van der Waals surface area (Å²) >= 11 is 5.88. The van der Waals surface area contributed by atoms with Crippen molar-refractivity contribution in [3.63, 3.8) is 0 Å². The average molecular weight is 281 g/mol. The molecule has 1 unspecified atom stereocenters. The molecule has 19 heavy (non-hydrogen) atoms. The number of hydrogen-bond acceptors (Lipinski definition) is 2. The third kappa shape index (κ3) is 3.25. The van der Waals surface area contributed by atoms with E-state index in [4.69, 9.17) is 16.3 Å². The van der Waals surface area contributed by atoms with Crippen molar-refractivity contribution in [3.8, 4) is 11.5 Å². The van der Waals surface area contributed by atoms with Gasteiger partial charge in [0.05, 0.1) is 6.10 Å². The van der Waals surface area contributed by atoms with Crippen LogP contribution in [0.1, 0.15) is 24.2 Å². The number of hydrogen-bond donors (Lipinski definition) is 1. The molecule has 1 atom stereocenters. The number of aliphatic hydroxyl groups excluding tert-OH is 1. The first-order valence-electron chi connectivity index (χ1n) is 5.89. The van der Waals surface area contributed by atoms with Crippen LogP contribution in [0.3, 0.4) is 0 Å². The van der Waals surface area contributed by atoms with E-state index in [2.05, 4.69) is 0 Å². The third-order valence-corrected chi connectivity index (χ3v) is 3.04. The zero-order valence-corrected chi connectivity index (χ0v) is 11.4. The fourth-order valence-corrected chi connectivity index (χ4v) is 1.82. The van der Waals surface area contributed by atoms with E-state index in [1.165, 1.54) is 12.1 Å². The van der Waals surface area contributed by atoms with Gasteiger partial charge >= 0.3 is 0 Å². The standard InChI is InChI=1S/C15H14ClFO2/c1-9-3-5-12(16)8-15(9)19-14-6-4-11(10(2)18)7-13(14)17/h3-8,10,18H,1-2H3. The van der Waals surface area contributed by atoms with Crippen LogP contribution in [0.25, 0.3) is 0 Å². The Morgan fingerprint density at radius 2 is 1.89 bits per heavy atom. The molecule has 2 rings (SSSR count). The molecular weight excluding hydrogens is 267 g/mol. The summed E-state index contributed by atoms with van der Waals surface area (Å²) in [6.07, 6.45) is -0.712. The smallest absolute Gasteiger partial charge is 0.166 e. The van der Waals surface area contributed by atoms with Gasteiger partial charge in [-0.3, -0.25) is 0 Å². The van der Waals surface area contributed by atoms with E-state index in [0.717, 1.165) is 5.56 Å². The highest BCUT2D eigenvalue weighted by molar-refractivity contribution is 6.30. The van der Waals surface area contributed by atoms with Crippen molar-refractivity contribution >= 4 is 11.6 Å². The number of halogens is 2. The first-order valence-corrected chi connectivity index (χ1v) is 6.26. The van der Waals surface area contributed by atoms with E-state index in [0.29, 0.717) is 16.3 Å².